The van der Waals surface area contributed by atoms with Crippen molar-refractivity contribution >= 4 is 6.29 Å². The first kappa shape index (κ1) is 15.9. The number of aromatic amines is 1. The zero-order chi connectivity index (χ0) is 15.9. The van der Waals surface area contributed by atoms with Gasteiger partial charge in [0, 0.05) is 30.7 Å². The van der Waals surface area contributed by atoms with Gasteiger partial charge in [0.2, 0.25) is 0 Å². The number of ether oxygens (including phenoxy) is 1. The monoisotopic (exact) mass is 302 g/mol. The molecule has 2 aromatic rings. The third-order valence-corrected chi connectivity index (χ3v) is 3.34. The molecule has 1 N–H and O–H groups in total. The minimum atomic E-state index is -0.529. The number of carbonyl (C=O) groups excluding carboxylic acids is 1. The Labute approximate surface area is 127 Å². The number of carbonyl (C=O) groups is 1. The van der Waals surface area contributed by atoms with Gasteiger partial charge in [-0.3, -0.25) is 14.3 Å². The summed E-state index contributed by atoms with van der Waals surface area (Å²) >= 11 is 0. The summed E-state index contributed by atoms with van der Waals surface area (Å²) in [5.74, 6) is 0. The zero-order valence-corrected chi connectivity index (χ0v) is 12.4. The Hall–Kier alpha value is -2.47. The number of nitrogens with one attached hydrogen (secondary N) is 1. The average Bonchev–Trinajstić information content (AvgIpc) is 2.51. The summed E-state index contributed by atoms with van der Waals surface area (Å²) in [5.41, 5.74) is 0.721. The summed E-state index contributed by atoms with van der Waals surface area (Å²) in [6.07, 6.45) is 1.01. The van der Waals surface area contributed by atoms with Crippen LogP contribution in [0.25, 0.3) is 0 Å². The van der Waals surface area contributed by atoms with Crippen LogP contribution in [0.2, 0.25) is 0 Å². The maximum Gasteiger partial charge on any atom is 0.330 e. The van der Waals surface area contributed by atoms with Crippen molar-refractivity contribution in [1.82, 2.24) is 9.55 Å². The van der Waals surface area contributed by atoms with Crippen LogP contribution < -0.4 is 11.2 Å². The molecule has 0 fully saturated rings. The number of nitrogens with zero attached hydrogens (tertiary/aromatic N) is 1. The summed E-state index contributed by atoms with van der Waals surface area (Å²) in [5, 5.41) is 0. The van der Waals surface area contributed by atoms with Crippen LogP contribution in [0, 0.1) is 0 Å². The van der Waals surface area contributed by atoms with E-state index in [1.807, 2.05) is 37.3 Å². The highest BCUT2D eigenvalue weighted by atomic mass is 16.5. The minimum Gasteiger partial charge on any atom is -0.361 e. The van der Waals surface area contributed by atoms with Crippen LogP contribution in [0.3, 0.4) is 0 Å². The van der Waals surface area contributed by atoms with Crippen molar-refractivity contribution < 1.29 is 9.53 Å². The average molecular weight is 302 g/mol. The van der Waals surface area contributed by atoms with Crippen LogP contribution in [0.5, 0.6) is 0 Å². The SMILES string of the molecule is CCOCn1c(Cc2ccccc2)c(CC=O)c(=O)[nH]c1=O. The van der Waals surface area contributed by atoms with Gasteiger partial charge in [0.1, 0.15) is 13.0 Å². The van der Waals surface area contributed by atoms with E-state index >= 15 is 0 Å². The van der Waals surface area contributed by atoms with Gasteiger partial charge in [-0.05, 0) is 12.5 Å². The molecule has 1 aromatic carbocycles. The van der Waals surface area contributed by atoms with Gasteiger partial charge in [0.15, 0.2) is 0 Å². The zero-order valence-electron chi connectivity index (χ0n) is 12.4. The highest BCUT2D eigenvalue weighted by molar-refractivity contribution is 5.55. The summed E-state index contributed by atoms with van der Waals surface area (Å²) in [6, 6.07) is 9.46. The molecule has 0 bridgehead atoms. The molecule has 0 atom stereocenters. The molecular weight excluding hydrogens is 284 g/mol. The van der Waals surface area contributed by atoms with Crippen molar-refractivity contribution in [1.29, 1.82) is 0 Å². The molecule has 0 saturated carbocycles. The third kappa shape index (κ3) is 3.59. The first-order valence-electron chi connectivity index (χ1n) is 7.07. The van der Waals surface area contributed by atoms with E-state index in [-0.39, 0.29) is 13.2 Å². The topological polar surface area (TPSA) is 81.2 Å². The molecule has 22 heavy (non-hydrogen) atoms. The molecule has 0 saturated heterocycles. The fourth-order valence-corrected chi connectivity index (χ4v) is 2.26. The predicted molar refractivity (Wildman–Crippen MR) is 82.0 cm³/mol. The van der Waals surface area contributed by atoms with Gasteiger partial charge in [-0.1, -0.05) is 30.3 Å². The number of hydrogen-bond donors (Lipinski definition) is 1. The molecule has 0 spiro atoms. The summed E-state index contributed by atoms with van der Waals surface area (Å²) in [6.45, 7) is 2.30. The van der Waals surface area contributed by atoms with E-state index in [9.17, 15) is 14.4 Å². The Morgan fingerprint density at radius 1 is 1.23 bits per heavy atom. The van der Waals surface area contributed by atoms with Crippen molar-refractivity contribution in [3.8, 4) is 0 Å². The molecule has 6 heteroatoms. The van der Waals surface area contributed by atoms with Gasteiger partial charge in [-0.15, -0.1) is 0 Å². The normalized spacial score (nSPS) is 10.6. The lowest BCUT2D eigenvalue weighted by atomic mass is 10.0. The Morgan fingerprint density at radius 3 is 2.59 bits per heavy atom. The lowest BCUT2D eigenvalue weighted by Crippen LogP contribution is -2.36. The van der Waals surface area contributed by atoms with Gasteiger partial charge in [0.25, 0.3) is 5.56 Å². The van der Waals surface area contributed by atoms with Crippen LogP contribution in [0.15, 0.2) is 39.9 Å². The molecule has 2 rings (SSSR count). The van der Waals surface area contributed by atoms with Gasteiger partial charge >= 0.3 is 5.69 Å². The molecule has 0 aliphatic rings. The quantitative estimate of drug-likeness (QED) is 0.769. The first-order chi connectivity index (χ1) is 10.7. The predicted octanol–water partition coefficient (Wildman–Crippen LogP) is 0.863. The molecule has 0 unspecified atom stereocenters. The van der Waals surface area contributed by atoms with Gasteiger partial charge < -0.3 is 9.53 Å². The number of rotatable bonds is 7. The smallest absolute Gasteiger partial charge is 0.330 e. The number of benzene rings is 1. The van der Waals surface area contributed by atoms with E-state index in [4.69, 9.17) is 4.74 Å². The van der Waals surface area contributed by atoms with Crippen molar-refractivity contribution in [2.75, 3.05) is 6.61 Å². The Balaban J connectivity index is 2.56. The molecule has 0 radical (unpaired) electrons. The van der Waals surface area contributed by atoms with Crippen LogP contribution >= 0.6 is 0 Å². The Morgan fingerprint density at radius 2 is 1.95 bits per heavy atom. The summed E-state index contributed by atoms with van der Waals surface area (Å²) in [7, 11) is 0. The van der Waals surface area contributed by atoms with E-state index in [0.717, 1.165) is 5.56 Å². The van der Waals surface area contributed by atoms with Gasteiger partial charge in [0.05, 0.1) is 0 Å². The van der Waals surface area contributed by atoms with Crippen molar-refractivity contribution in [2.24, 2.45) is 0 Å². The van der Waals surface area contributed by atoms with Crippen molar-refractivity contribution in [3.05, 3.63) is 68.0 Å². The highest BCUT2D eigenvalue weighted by Crippen LogP contribution is 2.11. The van der Waals surface area contributed by atoms with Crippen LogP contribution in [0.4, 0.5) is 0 Å². The lowest BCUT2D eigenvalue weighted by molar-refractivity contribution is -0.107. The number of aldehydes is 1. The van der Waals surface area contributed by atoms with E-state index in [0.29, 0.717) is 30.6 Å². The second kappa shape index (κ2) is 7.51. The fraction of sp³-hybridized carbons (Fsp3) is 0.312. The van der Waals surface area contributed by atoms with E-state index < -0.39 is 11.2 Å². The molecule has 0 amide bonds. The summed E-state index contributed by atoms with van der Waals surface area (Å²) < 4.78 is 6.68. The first-order valence-corrected chi connectivity index (χ1v) is 7.07. The fourth-order valence-electron chi connectivity index (χ4n) is 2.26. The van der Waals surface area contributed by atoms with Gasteiger partial charge in [-0.2, -0.15) is 0 Å². The van der Waals surface area contributed by atoms with Gasteiger partial charge in [-0.25, -0.2) is 4.79 Å². The molecule has 0 aliphatic carbocycles. The maximum atomic E-state index is 12.1. The largest absolute Gasteiger partial charge is 0.361 e. The van der Waals surface area contributed by atoms with Crippen molar-refractivity contribution in [3.63, 3.8) is 0 Å². The highest BCUT2D eigenvalue weighted by Gasteiger charge is 2.15. The number of H-pyrrole nitrogens is 1. The van der Waals surface area contributed by atoms with Crippen molar-refractivity contribution in [2.45, 2.75) is 26.5 Å². The maximum absolute atomic E-state index is 12.1. The number of hydrogen-bond acceptors (Lipinski definition) is 4. The standard InChI is InChI=1S/C16H18N2O4/c1-2-22-11-18-14(10-12-6-4-3-5-7-12)13(8-9-19)15(20)17-16(18)21/h3-7,9H,2,8,10-11H2,1H3,(H,17,20,21). The molecule has 0 aliphatic heterocycles. The minimum absolute atomic E-state index is 0.0378. The summed E-state index contributed by atoms with van der Waals surface area (Å²) in [4.78, 5) is 37.2. The molecule has 1 aromatic heterocycles. The Bertz CT molecular complexity index is 747. The van der Waals surface area contributed by atoms with Crippen LogP contribution in [-0.2, 0) is 29.1 Å². The second-order valence-electron chi connectivity index (χ2n) is 4.77. The molecule has 1 heterocycles. The Kier molecular flexibility index (Phi) is 5.43. The van der Waals surface area contributed by atoms with E-state index in [1.165, 1.54) is 4.57 Å². The van der Waals surface area contributed by atoms with Crippen LogP contribution in [-0.4, -0.2) is 22.4 Å². The lowest BCUT2D eigenvalue weighted by Gasteiger charge is -2.15. The molecule has 116 valence electrons. The van der Waals surface area contributed by atoms with Crippen LogP contribution in [0.1, 0.15) is 23.7 Å². The van der Waals surface area contributed by atoms with E-state index in [2.05, 4.69) is 4.98 Å². The molecule has 6 nitrogen and oxygen atoms in total. The number of aromatic nitrogens is 2. The van der Waals surface area contributed by atoms with E-state index in [1.54, 1.807) is 0 Å². The second-order valence-corrected chi connectivity index (χ2v) is 4.77. The third-order valence-electron chi connectivity index (χ3n) is 3.34. The molecular formula is C16H18N2O4.